The molecule has 2 aromatic heterocycles. The van der Waals surface area contributed by atoms with Gasteiger partial charge in [-0.3, -0.25) is 10.3 Å². The Morgan fingerprint density at radius 2 is 1.84 bits per heavy atom. The fraction of sp³-hybridized carbons (Fsp3) is 0.211. The predicted molar refractivity (Wildman–Crippen MR) is 96.6 cm³/mol. The number of aryl methyl sites for hydroxylation is 1. The smallest absolute Gasteiger partial charge is 0.410 e. The van der Waals surface area contributed by atoms with E-state index in [-0.39, 0.29) is 0 Å². The van der Waals surface area contributed by atoms with Gasteiger partial charge in [0.05, 0.1) is 5.69 Å². The van der Waals surface area contributed by atoms with E-state index in [9.17, 15) is 9.90 Å². The summed E-state index contributed by atoms with van der Waals surface area (Å²) in [5.74, 6) is 0.292. The van der Waals surface area contributed by atoms with Crippen LogP contribution in [0.5, 0.6) is 0 Å². The lowest BCUT2D eigenvalue weighted by atomic mass is 9.96. The molecule has 0 spiro atoms. The Morgan fingerprint density at radius 3 is 2.48 bits per heavy atom. The number of carbonyl (C=O) groups is 1. The van der Waals surface area contributed by atoms with Crippen LogP contribution >= 0.6 is 0 Å². The van der Waals surface area contributed by atoms with Gasteiger partial charge in [0.25, 0.3) is 0 Å². The summed E-state index contributed by atoms with van der Waals surface area (Å²) in [6.45, 7) is 5.40. The Morgan fingerprint density at radius 1 is 1.08 bits per heavy atom. The number of aliphatic hydroxyl groups is 1. The van der Waals surface area contributed by atoms with Crippen LogP contribution in [0.1, 0.15) is 25.1 Å². The highest BCUT2D eigenvalue weighted by molar-refractivity contribution is 5.91. The minimum absolute atomic E-state index is 0.292. The maximum atomic E-state index is 10.7. The summed E-state index contributed by atoms with van der Waals surface area (Å²) in [7, 11) is 0. The lowest BCUT2D eigenvalue weighted by molar-refractivity contribution is 0.0738. The van der Waals surface area contributed by atoms with E-state index in [1.807, 2.05) is 31.2 Å². The second-order valence-corrected chi connectivity index (χ2v) is 6.51. The second kappa shape index (κ2) is 6.14. The number of rotatable bonds is 3. The fourth-order valence-corrected chi connectivity index (χ4v) is 2.68. The van der Waals surface area contributed by atoms with Crippen molar-refractivity contribution in [1.82, 2.24) is 9.97 Å². The number of amides is 1. The average molecular weight is 337 g/mol. The van der Waals surface area contributed by atoms with E-state index in [2.05, 4.69) is 15.3 Å². The summed E-state index contributed by atoms with van der Waals surface area (Å²) in [6.07, 6.45) is 2.26. The molecule has 6 heteroatoms. The molecule has 0 atom stereocenters. The van der Waals surface area contributed by atoms with Gasteiger partial charge in [-0.2, -0.15) is 0 Å². The first-order valence-electron chi connectivity index (χ1n) is 7.84. The van der Waals surface area contributed by atoms with Crippen LogP contribution in [-0.2, 0) is 5.60 Å². The zero-order valence-corrected chi connectivity index (χ0v) is 14.2. The third kappa shape index (κ3) is 3.59. The van der Waals surface area contributed by atoms with Crippen molar-refractivity contribution in [1.29, 1.82) is 0 Å². The third-order valence-corrected chi connectivity index (χ3v) is 4.01. The van der Waals surface area contributed by atoms with Gasteiger partial charge in [-0.25, -0.2) is 9.78 Å². The molecule has 0 aliphatic rings. The van der Waals surface area contributed by atoms with E-state index >= 15 is 0 Å². The second-order valence-electron chi connectivity index (χ2n) is 6.51. The number of carboxylic acid groups (broad SMARTS) is 1. The van der Waals surface area contributed by atoms with Crippen molar-refractivity contribution in [2.75, 3.05) is 5.32 Å². The topological polar surface area (TPSA) is 95.3 Å². The Kier molecular flexibility index (Phi) is 4.14. The standard InChI is InChI=1S/C19H19N3O3/c1-11-6-16(19(2,3)25)20-10-15(11)13-5-4-12-8-17(22-18(23)24)21-9-14(12)7-13/h4-10,25H,1-3H3,(H,21,22)(H,23,24). The Hall–Kier alpha value is -2.99. The van der Waals surface area contributed by atoms with E-state index in [1.165, 1.54) is 0 Å². The van der Waals surface area contributed by atoms with Crippen LogP contribution in [0.3, 0.4) is 0 Å². The monoisotopic (exact) mass is 337 g/mol. The Labute approximate surface area is 145 Å². The molecule has 0 fully saturated rings. The third-order valence-electron chi connectivity index (χ3n) is 4.01. The molecule has 3 N–H and O–H groups in total. The molecule has 0 aliphatic carbocycles. The SMILES string of the molecule is Cc1cc(C(C)(C)O)ncc1-c1ccc2cc(NC(=O)O)ncc2c1. The van der Waals surface area contributed by atoms with Gasteiger partial charge < -0.3 is 10.2 Å². The summed E-state index contributed by atoms with van der Waals surface area (Å²) in [6, 6.07) is 9.44. The zero-order chi connectivity index (χ0) is 18.2. The van der Waals surface area contributed by atoms with Crippen LogP contribution in [0.25, 0.3) is 21.9 Å². The molecule has 0 aliphatic heterocycles. The van der Waals surface area contributed by atoms with E-state index in [0.29, 0.717) is 11.5 Å². The Bertz CT molecular complexity index is 962. The molecule has 3 rings (SSSR count). The van der Waals surface area contributed by atoms with Gasteiger partial charge in [0.1, 0.15) is 11.4 Å². The van der Waals surface area contributed by atoms with E-state index < -0.39 is 11.7 Å². The first-order chi connectivity index (χ1) is 11.7. The van der Waals surface area contributed by atoms with Gasteiger partial charge in [0, 0.05) is 23.3 Å². The van der Waals surface area contributed by atoms with Crippen LogP contribution < -0.4 is 5.32 Å². The normalized spacial score (nSPS) is 11.5. The van der Waals surface area contributed by atoms with Crippen LogP contribution in [0.15, 0.2) is 42.7 Å². The maximum Gasteiger partial charge on any atom is 0.410 e. The van der Waals surface area contributed by atoms with Crippen molar-refractivity contribution < 1.29 is 15.0 Å². The van der Waals surface area contributed by atoms with Crippen LogP contribution in [-0.4, -0.2) is 26.3 Å². The first-order valence-corrected chi connectivity index (χ1v) is 7.84. The van der Waals surface area contributed by atoms with Gasteiger partial charge in [-0.15, -0.1) is 0 Å². The highest BCUT2D eigenvalue weighted by Crippen LogP contribution is 2.29. The van der Waals surface area contributed by atoms with Crippen LogP contribution in [0.2, 0.25) is 0 Å². The average Bonchev–Trinajstić information content (AvgIpc) is 2.53. The molecule has 0 unspecified atom stereocenters. The fourth-order valence-electron chi connectivity index (χ4n) is 2.68. The summed E-state index contributed by atoms with van der Waals surface area (Å²) in [5.41, 5.74) is 2.62. The van der Waals surface area contributed by atoms with Gasteiger partial charge >= 0.3 is 6.09 Å². The lowest BCUT2D eigenvalue weighted by Crippen LogP contribution is -2.17. The molecule has 0 saturated heterocycles. The van der Waals surface area contributed by atoms with Gasteiger partial charge in [-0.1, -0.05) is 12.1 Å². The van der Waals surface area contributed by atoms with Crippen LogP contribution in [0, 0.1) is 6.92 Å². The molecule has 1 aromatic carbocycles. The number of aromatic nitrogens is 2. The molecule has 0 radical (unpaired) electrons. The summed E-state index contributed by atoms with van der Waals surface area (Å²) < 4.78 is 0. The molecule has 0 saturated carbocycles. The number of nitrogens with zero attached hydrogens (tertiary/aromatic N) is 2. The minimum Gasteiger partial charge on any atom is -0.465 e. The number of hydrogen-bond donors (Lipinski definition) is 3. The molecule has 25 heavy (non-hydrogen) atoms. The molecule has 128 valence electrons. The number of fused-ring (bicyclic) bond motifs is 1. The number of benzene rings is 1. The Balaban J connectivity index is 2.01. The van der Waals surface area contributed by atoms with Crippen molar-refractivity contribution >= 4 is 22.7 Å². The van der Waals surface area contributed by atoms with E-state index in [4.69, 9.17) is 5.11 Å². The van der Waals surface area contributed by atoms with Crippen molar-refractivity contribution in [3.8, 4) is 11.1 Å². The number of nitrogens with one attached hydrogen (secondary N) is 1. The van der Waals surface area contributed by atoms with Crippen molar-refractivity contribution in [2.24, 2.45) is 0 Å². The van der Waals surface area contributed by atoms with Crippen molar-refractivity contribution in [2.45, 2.75) is 26.4 Å². The molecule has 2 heterocycles. The molecular formula is C19H19N3O3. The van der Waals surface area contributed by atoms with Crippen LogP contribution in [0.4, 0.5) is 10.6 Å². The maximum absolute atomic E-state index is 10.7. The molecule has 6 nitrogen and oxygen atoms in total. The molecule has 1 amide bonds. The zero-order valence-electron chi connectivity index (χ0n) is 14.2. The minimum atomic E-state index is -1.14. The number of pyridine rings is 2. The van der Waals surface area contributed by atoms with E-state index in [0.717, 1.165) is 27.5 Å². The first kappa shape index (κ1) is 16.9. The largest absolute Gasteiger partial charge is 0.465 e. The van der Waals surface area contributed by atoms with Crippen molar-refractivity contribution in [3.05, 3.63) is 54.0 Å². The summed E-state index contributed by atoms with van der Waals surface area (Å²) in [5, 5.41) is 22.9. The summed E-state index contributed by atoms with van der Waals surface area (Å²) in [4.78, 5) is 19.2. The summed E-state index contributed by atoms with van der Waals surface area (Å²) >= 11 is 0. The van der Waals surface area contributed by atoms with Crippen molar-refractivity contribution in [3.63, 3.8) is 0 Å². The highest BCUT2D eigenvalue weighted by atomic mass is 16.4. The molecule has 3 aromatic rings. The van der Waals surface area contributed by atoms with Gasteiger partial charge in [-0.05, 0) is 55.5 Å². The van der Waals surface area contributed by atoms with Gasteiger partial charge in [0.15, 0.2) is 0 Å². The number of hydrogen-bond acceptors (Lipinski definition) is 4. The van der Waals surface area contributed by atoms with E-state index in [1.54, 1.807) is 32.3 Å². The van der Waals surface area contributed by atoms with Gasteiger partial charge in [0.2, 0.25) is 0 Å². The molecular weight excluding hydrogens is 318 g/mol. The highest BCUT2D eigenvalue weighted by Gasteiger charge is 2.18. The number of anilines is 1. The molecule has 0 bridgehead atoms. The lowest BCUT2D eigenvalue weighted by Gasteiger charge is -2.18. The predicted octanol–water partition coefficient (Wildman–Crippen LogP) is 3.92. The quantitative estimate of drug-likeness (QED) is 0.673.